The minimum atomic E-state index is -0.261. The number of benzene rings is 3. The van der Waals surface area contributed by atoms with E-state index >= 15 is 0 Å². The molecule has 0 bridgehead atoms. The smallest absolute Gasteiger partial charge is 0.253 e. The van der Waals surface area contributed by atoms with Gasteiger partial charge in [-0.3, -0.25) is 9.59 Å². The molecule has 6 heteroatoms. The minimum absolute atomic E-state index is 0.0893. The second-order valence-corrected chi connectivity index (χ2v) is 16.8. The molecule has 0 atom stereocenters. The van der Waals surface area contributed by atoms with Crippen molar-refractivity contribution in [1.82, 2.24) is 0 Å². The van der Waals surface area contributed by atoms with Gasteiger partial charge in [0.15, 0.2) is 0 Å². The molecule has 0 radical (unpaired) electrons. The zero-order chi connectivity index (χ0) is 35.1. The summed E-state index contributed by atoms with van der Waals surface area (Å²) < 4.78 is 0. The van der Waals surface area contributed by atoms with Crippen molar-refractivity contribution in [2.45, 2.75) is 92.9 Å². The van der Waals surface area contributed by atoms with Gasteiger partial charge in [-0.1, -0.05) is 93.5 Å². The number of rotatable bonds is 6. The number of nitrogens with zero attached hydrogens (tertiary/aromatic N) is 2. The highest BCUT2D eigenvalue weighted by atomic mass is 16.2. The van der Waals surface area contributed by atoms with Crippen LogP contribution in [0.5, 0.6) is 0 Å². The van der Waals surface area contributed by atoms with Gasteiger partial charge >= 0.3 is 0 Å². The standard InChI is InChI=1S/C42H54N4O2/c1-39(2,3)29-11-19-33(20-12-29)45-25-23-41(7,8)35(27-45)37(47)43-31-15-17-32(18-16-31)44-38(48)36-28-46(26-24-42(36,9)10)34-21-13-30(14-22-34)40(4,5)6/h11-22,27-28H,23-26H2,1-10H3,(H,43,47)(H,44,48). The predicted molar refractivity (Wildman–Crippen MR) is 202 cm³/mol. The maximum atomic E-state index is 13.6. The highest BCUT2D eigenvalue weighted by Gasteiger charge is 2.35. The van der Waals surface area contributed by atoms with Crippen LogP contribution in [0.1, 0.15) is 93.2 Å². The highest BCUT2D eigenvalue weighted by Crippen LogP contribution is 2.39. The first-order valence-electron chi connectivity index (χ1n) is 17.3. The lowest BCUT2D eigenvalue weighted by molar-refractivity contribution is -0.114. The van der Waals surface area contributed by atoms with E-state index in [1.165, 1.54) is 11.1 Å². The Morgan fingerprint density at radius 1 is 0.542 bits per heavy atom. The molecule has 2 amide bonds. The summed E-state index contributed by atoms with van der Waals surface area (Å²) in [7, 11) is 0. The largest absolute Gasteiger partial charge is 0.347 e. The molecule has 0 unspecified atom stereocenters. The molecular formula is C42H54N4O2. The molecule has 254 valence electrons. The first-order chi connectivity index (χ1) is 22.3. The molecule has 0 saturated heterocycles. The Morgan fingerprint density at radius 2 is 0.854 bits per heavy atom. The number of amides is 2. The summed E-state index contributed by atoms with van der Waals surface area (Å²) >= 11 is 0. The summed E-state index contributed by atoms with van der Waals surface area (Å²) in [6.45, 7) is 23.5. The summed E-state index contributed by atoms with van der Waals surface area (Å²) in [5.74, 6) is -0.227. The van der Waals surface area contributed by atoms with Gasteiger partial charge in [-0.15, -0.1) is 0 Å². The molecule has 2 aliphatic rings. The van der Waals surface area contributed by atoms with Crippen LogP contribution in [0.4, 0.5) is 22.7 Å². The topological polar surface area (TPSA) is 64.7 Å². The van der Waals surface area contributed by atoms with Crippen LogP contribution in [-0.2, 0) is 20.4 Å². The fourth-order valence-corrected chi connectivity index (χ4v) is 6.34. The van der Waals surface area contributed by atoms with Crippen molar-refractivity contribution in [3.05, 3.63) is 107 Å². The minimum Gasteiger partial charge on any atom is -0.347 e. The molecule has 2 N–H and O–H groups in total. The van der Waals surface area contributed by atoms with Crippen LogP contribution >= 0.6 is 0 Å². The van der Waals surface area contributed by atoms with E-state index in [1.807, 2.05) is 36.7 Å². The molecule has 0 saturated carbocycles. The third kappa shape index (κ3) is 7.86. The molecule has 6 nitrogen and oxygen atoms in total. The lowest BCUT2D eigenvalue weighted by atomic mass is 9.78. The normalized spacial score (nSPS) is 17.7. The van der Waals surface area contributed by atoms with E-state index in [0.717, 1.165) is 48.5 Å². The van der Waals surface area contributed by atoms with E-state index in [1.54, 1.807) is 0 Å². The Kier molecular flexibility index (Phi) is 9.44. The quantitative estimate of drug-likeness (QED) is 0.280. The summed E-state index contributed by atoms with van der Waals surface area (Å²) in [5, 5.41) is 6.20. The summed E-state index contributed by atoms with van der Waals surface area (Å²) in [4.78, 5) is 31.6. The third-order valence-electron chi connectivity index (χ3n) is 10.0. The van der Waals surface area contributed by atoms with Crippen molar-refractivity contribution in [3.63, 3.8) is 0 Å². The molecule has 2 heterocycles. The lowest BCUT2D eigenvalue weighted by Gasteiger charge is -2.37. The number of carbonyl (C=O) groups excluding carboxylic acids is 2. The van der Waals surface area contributed by atoms with Gasteiger partial charge in [-0.2, -0.15) is 0 Å². The second kappa shape index (κ2) is 12.9. The zero-order valence-corrected chi connectivity index (χ0v) is 30.6. The second-order valence-electron chi connectivity index (χ2n) is 16.8. The van der Waals surface area contributed by atoms with E-state index in [2.05, 4.69) is 138 Å². The Bertz CT molecular complexity index is 1570. The molecule has 0 fully saturated rings. The number of hydrogen-bond donors (Lipinski definition) is 2. The van der Waals surface area contributed by atoms with Gasteiger partial charge in [0, 0.05) is 59.4 Å². The Labute approximate surface area is 288 Å². The highest BCUT2D eigenvalue weighted by molar-refractivity contribution is 6.06. The Hall–Kier alpha value is -4.32. The molecule has 0 aliphatic carbocycles. The average molecular weight is 647 g/mol. The maximum absolute atomic E-state index is 13.6. The number of nitrogens with one attached hydrogen (secondary N) is 2. The van der Waals surface area contributed by atoms with Gasteiger partial charge in [0.1, 0.15) is 0 Å². The van der Waals surface area contributed by atoms with E-state index in [9.17, 15) is 9.59 Å². The van der Waals surface area contributed by atoms with Gasteiger partial charge in [-0.25, -0.2) is 0 Å². The van der Waals surface area contributed by atoms with E-state index < -0.39 is 0 Å². The molecule has 2 aliphatic heterocycles. The molecule has 5 rings (SSSR count). The maximum Gasteiger partial charge on any atom is 0.253 e. The van der Waals surface area contributed by atoms with Crippen LogP contribution in [0.15, 0.2) is 96.3 Å². The first-order valence-corrected chi connectivity index (χ1v) is 17.3. The Balaban J connectivity index is 1.26. The van der Waals surface area contributed by atoms with Gasteiger partial charge in [-0.05, 0) is 94.2 Å². The SMILES string of the molecule is CC1(C)CCN(c2ccc(C(C)(C)C)cc2)C=C1C(=O)Nc1ccc(NC(=O)C2=CN(c3ccc(C(C)(C)C)cc3)CCC2(C)C)cc1. The summed E-state index contributed by atoms with van der Waals surface area (Å²) in [6.07, 6.45) is 5.73. The van der Waals surface area contributed by atoms with Gasteiger partial charge < -0.3 is 20.4 Å². The monoisotopic (exact) mass is 646 g/mol. The first kappa shape index (κ1) is 35.0. The van der Waals surface area contributed by atoms with Crippen molar-refractivity contribution in [2.75, 3.05) is 33.5 Å². The predicted octanol–water partition coefficient (Wildman–Crippen LogP) is 9.80. The fraction of sp³-hybridized carbons (Fsp3) is 0.429. The van der Waals surface area contributed by atoms with Crippen LogP contribution in [0.25, 0.3) is 0 Å². The van der Waals surface area contributed by atoms with Gasteiger partial charge in [0.05, 0.1) is 0 Å². The molecule has 0 spiro atoms. The lowest BCUT2D eigenvalue weighted by Crippen LogP contribution is -2.37. The summed E-state index contributed by atoms with van der Waals surface area (Å²) in [5.41, 5.74) is 7.26. The van der Waals surface area contributed by atoms with E-state index in [4.69, 9.17) is 0 Å². The van der Waals surface area contributed by atoms with Crippen LogP contribution in [0.2, 0.25) is 0 Å². The number of hydrogen-bond acceptors (Lipinski definition) is 4. The molecular weight excluding hydrogens is 592 g/mol. The molecule has 48 heavy (non-hydrogen) atoms. The fourth-order valence-electron chi connectivity index (χ4n) is 6.34. The van der Waals surface area contributed by atoms with Crippen molar-refractivity contribution < 1.29 is 9.59 Å². The van der Waals surface area contributed by atoms with E-state index in [-0.39, 0.29) is 33.5 Å². The van der Waals surface area contributed by atoms with Crippen molar-refractivity contribution in [2.24, 2.45) is 10.8 Å². The van der Waals surface area contributed by atoms with Crippen molar-refractivity contribution in [1.29, 1.82) is 0 Å². The van der Waals surface area contributed by atoms with Crippen LogP contribution in [-0.4, -0.2) is 24.9 Å². The van der Waals surface area contributed by atoms with Crippen LogP contribution < -0.4 is 20.4 Å². The van der Waals surface area contributed by atoms with Gasteiger partial charge in [0.25, 0.3) is 11.8 Å². The Morgan fingerprint density at radius 3 is 1.15 bits per heavy atom. The number of anilines is 4. The molecule has 0 aromatic heterocycles. The van der Waals surface area contributed by atoms with Crippen LogP contribution in [0, 0.1) is 10.8 Å². The van der Waals surface area contributed by atoms with Crippen molar-refractivity contribution >= 4 is 34.6 Å². The molecule has 3 aromatic rings. The summed E-state index contributed by atoms with van der Waals surface area (Å²) in [6, 6.07) is 24.7. The average Bonchev–Trinajstić information content (AvgIpc) is 3.01. The van der Waals surface area contributed by atoms with E-state index in [0.29, 0.717) is 11.4 Å². The zero-order valence-electron chi connectivity index (χ0n) is 30.6. The third-order valence-corrected chi connectivity index (χ3v) is 10.0. The van der Waals surface area contributed by atoms with Crippen LogP contribution in [0.3, 0.4) is 0 Å². The number of carbonyl (C=O) groups is 2. The van der Waals surface area contributed by atoms with Crippen molar-refractivity contribution in [3.8, 4) is 0 Å². The molecule has 3 aromatic carbocycles. The van der Waals surface area contributed by atoms with Gasteiger partial charge in [0.2, 0.25) is 0 Å².